The van der Waals surface area contributed by atoms with Gasteiger partial charge in [-0.3, -0.25) is 0 Å². The van der Waals surface area contributed by atoms with Crippen LogP contribution in [-0.2, 0) is 13.0 Å². The van der Waals surface area contributed by atoms with Gasteiger partial charge in [0.2, 0.25) is 0 Å². The Hall–Kier alpha value is -4.77. The second-order valence-electron chi connectivity index (χ2n) is 9.59. The summed E-state index contributed by atoms with van der Waals surface area (Å²) in [7, 11) is 0. The van der Waals surface area contributed by atoms with E-state index in [-0.39, 0.29) is 33.7 Å². The predicted octanol–water partition coefficient (Wildman–Crippen LogP) is 9.83. The molecule has 0 atom stereocenters. The molecule has 212 valence electrons. The highest BCUT2D eigenvalue weighted by molar-refractivity contribution is 5.93. The van der Waals surface area contributed by atoms with Gasteiger partial charge in [0.05, 0.1) is 11.1 Å². The van der Waals surface area contributed by atoms with Gasteiger partial charge in [-0.1, -0.05) is 48.4 Å². The first-order valence-electron chi connectivity index (χ1n) is 12.8. The molecule has 0 amide bonds. The van der Waals surface area contributed by atoms with Crippen LogP contribution in [0.2, 0.25) is 0 Å². The molecular weight excluding hydrogens is 557 g/mol. The van der Waals surface area contributed by atoms with Gasteiger partial charge in [0.15, 0.2) is 0 Å². The highest BCUT2D eigenvalue weighted by Gasteiger charge is 2.24. The van der Waals surface area contributed by atoms with Gasteiger partial charge < -0.3 is 4.74 Å². The summed E-state index contributed by atoms with van der Waals surface area (Å²) in [5.41, 5.74) is 0.622. The van der Waals surface area contributed by atoms with Crippen LogP contribution >= 0.6 is 0 Å². The van der Waals surface area contributed by atoms with E-state index in [0.29, 0.717) is 5.75 Å². The van der Waals surface area contributed by atoms with Gasteiger partial charge in [-0.25, -0.2) is 17.6 Å². The Balaban J connectivity index is 1.43. The molecule has 0 aliphatic rings. The first-order valence-corrected chi connectivity index (χ1v) is 12.8. The zero-order valence-corrected chi connectivity index (χ0v) is 21.9. The maximum Gasteiger partial charge on any atom is 0.458 e. The summed E-state index contributed by atoms with van der Waals surface area (Å²) in [6.07, 6.45) is -1.31. The third kappa shape index (κ3) is 6.10. The third-order valence-corrected chi connectivity index (χ3v) is 6.71. The van der Waals surface area contributed by atoms with Crippen molar-refractivity contribution < 1.29 is 35.5 Å². The molecule has 0 saturated heterocycles. The fourth-order valence-corrected chi connectivity index (χ4v) is 4.63. The Bertz CT molecular complexity index is 1880. The zero-order valence-electron chi connectivity index (χ0n) is 21.9. The minimum atomic E-state index is -4.94. The van der Waals surface area contributed by atoms with Gasteiger partial charge in [-0.05, 0) is 76.7 Å². The van der Waals surface area contributed by atoms with Crippen molar-refractivity contribution in [3.8, 4) is 28.7 Å². The van der Waals surface area contributed by atoms with Crippen molar-refractivity contribution in [3.05, 3.63) is 125 Å². The first kappa shape index (κ1) is 28.7. The summed E-state index contributed by atoms with van der Waals surface area (Å²) >= 11 is 0. The molecule has 1 nitrogen and oxygen atoms in total. The molecule has 0 aliphatic carbocycles. The smallest absolute Gasteiger partial charge is 0.458 e. The van der Waals surface area contributed by atoms with E-state index in [0.717, 1.165) is 48.6 Å². The zero-order chi connectivity index (χ0) is 30.0. The van der Waals surface area contributed by atoms with Gasteiger partial charge in [-0.15, -0.1) is 6.58 Å². The SMILES string of the molecule is C=CCCc1ccc(COc2ccc3c(F)c(-c4ccc5c(F)c(C#CC(F)(F)F)c(F)cc5c4)c(F)cc3c2)cc1. The second kappa shape index (κ2) is 11.6. The first-order chi connectivity index (χ1) is 20.0. The molecule has 0 aliphatic heterocycles. The number of allylic oxidation sites excluding steroid dienone is 1. The summed E-state index contributed by atoms with van der Waals surface area (Å²) in [5, 5.41) is -0.00444. The van der Waals surface area contributed by atoms with E-state index in [1.54, 1.807) is 6.07 Å². The van der Waals surface area contributed by atoms with E-state index < -0.39 is 40.6 Å². The molecular formula is C34H21F7O. The number of hydrogen-bond donors (Lipinski definition) is 0. The number of alkyl halides is 3. The highest BCUT2D eigenvalue weighted by Crippen LogP contribution is 2.36. The number of halogens is 7. The average Bonchev–Trinajstić information content (AvgIpc) is 2.94. The Morgan fingerprint density at radius 1 is 0.738 bits per heavy atom. The van der Waals surface area contributed by atoms with Gasteiger partial charge in [-0.2, -0.15) is 13.2 Å². The van der Waals surface area contributed by atoms with Crippen molar-refractivity contribution >= 4 is 21.5 Å². The highest BCUT2D eigenvalue weighted by atomic mass is 19.4. The van der Waals surface area contributed by atoms with E-state index in [2.05, 4.69) is 6.58 Å². The molecule has 5 rings (SSSR count). The number of aryl methyl sites for hydroxylation is 1. The van der Waals surface area contributed by atoms with E-state index >= 15 is 8.78 Å². The van der Waals surface area contributed by atoms with Crippen LogP contribution in [0.15, 0.2) is 85.5 Å². The molecule has 0 unspecified atom stereocenters. The minimum absolute atomic E-state index is 0.0100. The molecule has 0 bridgehead atoms. The van der Waals surface area contributed by atoms with Gasteiger partial charge in [0.25, 0.3) is 0 Å². The Morgan fingerprint density at radius 3 is 2.10 bits per heavy atom. The van der Waals surface area contributed by atoms with Crippen molar-refractivity contribution in [2.45, 2.75) is 25.6 Å². The van der Waals surface area contributed by atoms with Crippen LogP contribution in [0.5, 0.6) is 5.75 Å². The lowest BCUT2D eigenvalue weighted by atomic mass is 9.96. The van der Waals surface area contributed by atoms with Crippen LogP contribution in [0.3, 0.4) is 0 Å². The number of benzene rings is 5. The lowest BCUT2D eigenvalue weighted by Gasteiger charge is -2.12. The van der Waals surface area contributed by atoms with Gasteiger partial charge in [0, 0.05) is 16.7 Å². The fourth-order valence-electron chi connectivity index (χ4n) is 4.63. The molecule has 42 heavy (non-hydrogen) atoms. The summed E-state index contributed by atoms with van der Waals surface area (Å²) in [6, 6.07) is 17.8. The van der Waals surface area contributed by atoms with Crippen LogP contribution in [0.25, 0.3) is 32.7 Å². The largest absolute Gasteiger partial charge is 0.489 e. The number of fused-ring (bicyclic) bond motifs is 2. The Kier molecular flexibility index (Phi) is 7.95. The van der Waals surface area contributed by atoms with Crippen LogP contribution < -0.4 is 4.74 Å². The number of rotatable bonds is 7. The maximum atomic E-state index is 15.6. The number of ether oxygens (including phenoxy) is 1. The number of hydrogen-bond acceptors (Lipinski definition) is 1. The van der Waals surface area contributed by atoms with Crippen LogP contribution in [0, 0.1) is 35.1 Å². The van der Waals surface area contributed by atoms with Crippen molar-refractivity contribution in [1.29, 1.82) is 0 Å². The van der Waals surface area contributed by atoms with E-state index in [4.69, 9.17) is 4.74 Å². The lowest BCUT2D eigenvalue weighted by molar-refractivity contribution is -0.0696. The summed E-state index contributed by atoms with van der Waals surface area (Å²) in [4.78, 5) is 0. The van der Waals surface area contributed by atoms with Crippen molar-refractivity contribution in [3.63, 3.8) is 0 Å². The molecule has 0 spiro atoms. The summed E-state index contributed by atoms with van der Waals surface area (Å²) in [5.74, 6) is -1.72. The third-order valence-electron chi connectivity index (χ3n) is 6.71. The van der Waals surface area contributed by atoms with Crippen molar-refractivity contribution in [1.82, 2.24) is 0 Å². The van der Waals surface area contributed by atoms with Crippen molar-refractivity contribution in [2.75, 3.05) is 0 Å². The molecule has 5 aromatic carbocycles. The quantitative estimate of drug-likeness (QED) is 0.106. The fraction of sp³-hybridized carbons (Fsp3) is 0.118. The van der Waals surface area contributed by atoms with Crippen LogP contribution in [0.1, 0.15) is 23.1 Å². The predicted molar refractivity (Wildman–Crippen MR) is 149 cm³/mol. The second-order valence-corrected chi connectivity index (χ2v) is 9.59. The molecule has 5 aromatic rings. The maximum absolute atomic E-state index is 15.6. The van der Waals surface area contributed by atoms with Crippen LogP contribution in [-0.4, -0.2) is 6.18 Å². The molecule has 0 fully saturated rings. The lowest BCUT2D eigenvalue weighted by Crippen LogP contribution is -2.02. The van der Waals surface area contributed by atoms with Crippen molar-refractivity contribution in [2.24, 2.45) is 0 Å². The monoisotopic (exact) mass is 578 g/mol. The molecule has 0 aromatic heterocycles. The normalized spacial score (nSPS) is 11.4. The summed E-state index contributed by atoms with van der Waals surface area (Å²) < 4.78 is 103. The molecule has 0 N–H and O–H groups in total. The van der Waals surface area contributed by atoms with E-state index in [1.807, 2.05) is 30.3 Å². The standard InChI is InChI=1S/C34H21F7O/c1-2-3-4-20-5-7-21(8-6-20)19-42-25-10-12-27-24(16-25)18-30(36)31(33(27)38)22-9-11-26-23(15-22)17-29(35)28(32(26)37)13-14-34(39,40)41/h2,5-12,15-18H,1,3-4,19H2. The van der Waals surface area contributed by atoms with E-state index in [9.17, 15) is 22.0 Å². The molecule has 0 saturated carbocycles. The average molecular weight is 579 g/mol. The topological polar surface area (TPSA) is 9.23 Å². The Morgan fingerprint density at radius 2 is 1.38 bits per heavy atom. The molecule has 8 heteroatoms. The summed E-state index contributed by atoms with van der Waals surface area (Å²) in [6.45, 7) is 3.97. The Labute approximate surface area is 236 Å². The van der Waals surface area contributed by atoms with Gasteiger partial charge >= 0.3 is 6.18 Å². The van der Waals surface area contributed by atoms with E-state index in [1.165, 1.54) is 29.7 Å². The van der Waals surface area contributed by atoms with Crippen LogP contribution in [0.4, 0.5) is 30.7 Å². The molecule has 0 heterocycles. The molecule has 0 radical (unpaired) electrons. The minimum Gasteiger partial charge on any atom is -0.489 e. The van der Waals surface area contributed by atoms with Gasteiger partial charge in [0.1, 0.15) is 35.6 Å².